The van der Waals surface area contributed by atoms with Crippen LogP contribution >= 0.6 is 0 Å². The van der Waals surface area contributed by atoms with Crippen LogP contribution in [0.4, 0.5) is 0 Å². The molecule has 0 bridgehead atoms. The van der Waals surface area contributed by atoms with Gasteiger partial charge in [0.05, 0.1) is 0 Å². The van der Waals surface area contributed by atoms with Crippen LogP contribution in [-0.4, -0.2) is 6.04 Å². The summed E-state index contributed by atoms with van der Waals surface area (Å²) in [6.45, 7) is 1.08. The number of fused-ring (bicyclic) bond motifs is 3. The van der Waals surface area contributed by atoms with E-state index in [1.807, 2.05) is 0 Å². The second-order valence-electron chi connectivity index (χ2n) is 3.53. The first kappa shape index (κ1) is 5.78. The lowest BCUT2D eigenvalue weighted by molar-refractivity contribution is 0.640. The van der Waals surface area contributed by atoms with E-state index in [9.17, 15) is 0 Å². The molecular formula is C10H11N. The monoisotopic (exact) mass is 145 g/mol. The van der Waals surface area contributed by atoms with Crippen LogP contribution in [0.1, 0.15) is 23.5 Å². The average molecular weight is 145 g/mol. The van der Waals surface area contributed by atoms with Gasteiger partial charge in [-0.1, -0.05) is 24.3 Å². The molecule has 1 heterocycles. The van der Waals surface area contributed by atoms with Gasteiger partial charge in [-0.15, -0.1) is 0 Å². The standard InChI is InChI=1S/C10H11N/c1-2-4-8-7(3-1)6-11-10-5-9(8)10/h1-4,9-11H,5-6H2/t9-,10?/m1/s1. The molecule has 1 nitrogen and oxygen atoms in total. The zero-order chi connectivity index (χ0) is 7.26. The topological polar surface area (TPSA) is 12.0 Å². The first-order valence-electron chi connectivity index (χ1n) is 4.26. The van der Waals surface area contributed by atoms with Crippen LogP contribution in [0, 0.1) is 0 Å². The SMILES string of the molecule is c1ccc2c(c1)CNC1C[C@H]21. The Bertz CT molecular complexity index is 293. The van der Waals surface area contributed by atoms with Crippen LogP contribution in [0.2, 0.25) is 0 Å². The molecule has 0 radical (unpaired) electrons. The highest BCUT2D eigenvalue weighted by Crippen LogP contribution is 2.44. The van der Waals surface area contributed by atoms with Crippen molar-refractivity contribution in [2.24, 2.45) is 0 Å². The first-order valence-corrected chi connectivity index (χ1v) is 4.26. The van der Waals surface area contributed by atoms with E-state index in [1.54, 1.807) is 5.56 Å². The number of nitrogens with one attached hydrogen (secondary N) is 1. The van der Waals surface area contributed by atoms with Crippen molar-refractivity contribution in [3.8, 4) is 0 Å². The number of hydrogen-bond acceptors (Lipinski definition) is 1. The molecule has 56 valence electrons. The smallest absolute Gasteiger partial charge is 0.0211 e. The normalized spacial score (nSPS) is 32.4. The van der Waals surface area contributed by atoms with Gasteiger partial charge in [0, 0.05) is 18.5 Å². The van der Waals surface area contributed by atoms with Crippen LogP contribution in [0.5, 0.6) is 0 Å². The zero-order valence-electron chi connectivity index (χ0n) is 6.38. The molecule has 1 aliphatic carbocycles. The number of benzene rings is 1. The van der Waals surface area contributed by atoms with Gasteiger partial charge in [0.2, 0.25) is 0 Å². The lowest BCUT2D eigenvalue weighted by Crippen LogP contribution is -2.22. The summed E-state index contributed by atoms with van der Waals surface area (Å²) in [7, 11) is 0. The quantitative estimate of drug-likeness (QED) is 0.585. The summed E-state index contributed by atoms with van der Waals surface area (Å²) in [4.78, 5) is 0. The van der Waals surface area contributed by atoms with E-state index in [1.165, 1.54) is 12.0 Å². The fourth-order valence-corrected chi connectivity index (χ4v) is 2.06. The molecule has 1 N–H and O–H groups in total. The molecule has 3 rings (SSSR count). The fourth-order valence-electron chi connectivity index (χ4n) is 2.06. The highest BCUT2D eigenvalue weighted by Gasteiger charge is 2.41. The third-order valence-electron chi connectivity index (χ3n) is 2.80. The van der Waals surface area contributed by atoms with Gasteiger partial charge in [-0.05, 0) is 17.5 Å². The van der Waals surface area contributed by atoms with Crippen LogP contribution in [-0.2, 0) is 6.54 Å². The molecule has 1 fully saturated rings. The van der Waals surface area contributed by atoms with Gasteiger partial charge >= 0.3 is 0 Å². The van der Waals surface area contributed by atoms with Gasteiger partial charge in [0.1, 0.15) is 0 Å². The molecule has 0 spiro atoms. The Balaban J connectivity index is 2.14. The van der Waals surface area contributed by atoms with Crippen LogP contribution in [0.25, 0.3) is 0 Å². The Labute approximate surface area is 66.4 Å². The van der Waals surface area contributed by atoms with Gasteiger partial charge in [-0.25, -0.2) is 0 Å². The molecule has 2 atom stereocenters. The van der Waals surface area contributed by atoms with Crippen molar-refractivity contribution in [2.45, 2.75) is 24.9 Å². The van der Waals surface area contributed by atoms with Gasteiger partial charge in [-0.2, -0.15) is 0 Å². The molecule has 11 heavy (non-hydrogen) atoms. The van der Waals surface area contributed by atoms with E-state index in [0.29, 0.717) is 0 Å². The minimum Gasteiger partial charge on any atom is -0.309 e. The van der Waals surface area contributed by atoms with Crippen molar-refractivity contribution in [2.75, 3.05) is 0 Å². The average Bonchev–Trinajstić information content (AvgIpc) is 2.83. The van der Waals surface area contributed by atoms with Crippen molar-refractivity contribution >= 4 is 0 Å². The number of hydrogen-bond donors (Lipinski definition) is 1. The second kappa shape index (κ2) is 1.86. The van der Waals surface area contributed by atoms with E-state index in [4.69, 9.17) is 0 Å². The molecule has 2 aliphatic rings. The van der Waals surface area contributed by atoms with E-state index < -0.39 is 0 Å². The van der Waals surface area contributed by atoms with E-state index in [0.717, 1.165) is 18.5 Å². The third kappa shape index (κ3) is 0.746. The molecule has 1 saturated carbocycles. The summed E-state index contributed by atoms with van der Waals surface area (Å²) in [5.41, 5.74) is 3.10. The van der Waals surface area contributed by atoms with Crippen LogP contribution < -0.4 is 5.32 Å². The second-order valence-corrected chi connectivity index (χ2v) is 3.53. The fraction of sp³-hybridized carbons (Fsp3) is 0.400. The van der Waals surface area contributed by atoms with E-state index in [-0.39, 0.29) is 0 Å². The predicted octanol–water partition coefficient (Wildman–Crippen LogP) is 1.65. The molecule has 0 saturated heterocycles. The lowest BCUT2D eigenvalue weighted by Gasteiger charge is -2.15. The molecule has 0 amide bonds. The summed E-state index contributed by atoms with van der Waals surface area (Å²) in [6.07, 6.45) is 1.36. The van der Waals surface area contributed by atoms with Gasteiger partial charge in [0.15, 0.2) is 0 Å². The van der Waals surface area contributed by atoms with Crippen molar-refractivity contribution in [3.05, 3.63) is 35.4 Å². The van der Waals surface area contributed by atoms with Crippen LogP contribution in [0.3, 0.4) is 0 Å². The maximum absolute atomic E-state index is 3.51. The zero-order valence-corrected chi connectivity index (χ0v) is 6.38. The number of rotatable bonds is 0. The van der Waals surface area contributed by atoms with Gasteiger partial charge in [0.25, 0.3) is 0 Å². The highest BCUT2D eigenvalue weighted by molar-refractivity contribution is 5.38. The molecule has 1 heteroatoms. The summed E-state index contributed by atoms with van der Waals surface area (Å²) < 4.78 is 0. The molecule has 1 unspecified atom stereocenters. The predicted molar refractivity (Wildman–Crippen MR) is 44.4 cm³/mol. The maximum Gasteiger partial charge on any atom is 0.0211 e. The summed E-state index contributed by atoms with van der Waals surface area (Å²) in [5, 5.41) is 3.51. The van der Waals surface area contributed by atoms with Crippen molar-refractivity contribution < 1.29 is 0 Å². The molecule has 0 aromatic heterocycles. The molecule has 1 aromatic carbocycles. The summed E-state index contributed by atoms with van der Waals surface area (Å²) in [6, 6.07) is 9.60. The minimum atomic E-state index is 0.810. The highest BCUT2D eigenvalue weighted by atomic mass is 15.0. The van der Waals surface area contributed by atoms with Crippen molar-refractivity contribution in [3.63, 3.8) is 0 Å². The molecule has 1 aromatic rings. The largest absolute Gasteiger partial charge is 0.309 e. The summed E-state index contributed by atoms with van der Waals surface area (Å²) in [5.74, 6) is 0.847. The first-order chi connectivity index (χ1) is 5.45. The Kier molecular flexibility index (Phi) is 0.977. The summed E-state index contributed by atoms with van der Waals surface area (Å²) >= 11 is 0. The minimum absolute atomic E-state index is 0.810. The van der Waals surface area contributed by atoms with Crippen LogP contribution in [0.15, 0.2) is 24.3 Å². The Morgan fingerprint density at radius 1 is 1.27 bits per heavy atom. The molecular weight excluding hydrogens is 134 g/mol. The maximum atomic E-state index is 3.51. The van der Waals surface area contributed by atoms with Crippen molar-refractivity contribution in [1.82, 2.24) is 5.32 Å². The van der Waals surface area contributed by atoms with Gasteiger partial charge < -0.3 is 5.32 Å². The third-order valence-corrected chi connectivity index (χ3v) is 2.80. The van der Waals surface area contributed by atoms with Gasteiger partial charge in [-0.3, -0.25) is 0 Å². The lowest BCUT2D eigenvalue weighted by atomic mass is 10.0. The molecule has 1 aliphatic heterocycles. The van der Waals surface area contributed by atoms with E-state index >= 15 is 0 Å². The Hall–Kier alpha value is -0.820. The Morgan fingerprint density at radius 3 is 3.18 bits per heavy atom. The van der Waals surface area contributed by atoms with Crippen molar-refractivity contribution in [1.29, 1.82) is 0 Å². The van der Waals surface area contributed by atoms with E-state index in [2.05, 4.69) is 29.6 Å². The Morgan fingerprint density at radius 2 is 2.18 bits per heavy atom.